The van der Waals surface area contributed by atoms with E-state index in [0.29, 0.717) is 13.1 Å². The fourth-order valence-corrected chi connectivity index (χ4v) is 11.5. The number of hydrogen-bond donors (Lipinski definition) is 3. The van der Waals surface area contributed by atoms with Crippen LogP contribution in [0.25, 0.3) is 0 Å². The number of nitrogens with two attached hydrogens (primary N) is 1. The van der Waals surface area contributed by atoms with Crippen LogP contribution in [-0.2, 0) is 4.79 Å². The van der Waals surface area contributed by atoms with E-state index in [2.05, 4.69) is 27.1 Å². The SMILES string of the molecule is CC(c1cc[nH]c1N=CN)N(C)I1CC2CN(C(=O)C(O)C(F)(F)F)CC2C1. The number of aliphatic hydroxyl groups is 1. The Morgan fingerprint density at radius 3 is 2.61 bits per heavy atom. The number of hydrogen-bond acceptors (Lipinski definition) is 4. The molecule has 0 bridgehead atoms. The van der Waals surface area contributed by atoms with Crippen molar-refractivity contribution in [2.45, 2.75) is 25.2 Å². The fraction of sp³-hybridized carbons (Fsp3) is 0.647. The fourth-order valence-electron chi connectivity index (χ4n) is 3.81. The van der Waals surface area contributed by atoms with Crippen molar-refractivity contribution in [3.8, 4) is 0 Å². The molecule has 0 spiro atoms. The molecule has 4 unspecified atom stereocenters. The van der Waals surface area contributed by atoms with Crippen LogP contribution in [0.3, 0.4) is 0 Å². The Balaban J connectivity index is 1.60. The molecule has 3 rings (SSSR count). The Morgan fingerprint density at radius 2 is 2.07 bits per heavy atom. The van der Waals surface area contributed by atoms with Crippen LogP contribution in [0.1, 0.15) is 18.5 Å². The van der Waals surface area contributed by atoms with E-state index in [9.17, 15) is 23.1 Å². The summed E-state index contributed by atoms with van der Waals surface area (Å²) >= 11 is -1.50. The average molecular weight is 515 g/mol. The summed E-state index contributed by atoms with van der Waals surface area (Å²) in [4.78, 5) is 20.3. The van der Waals surface area contributed by atoms with E-state index >= 15 is 0 Å². The van der Waals surface area contributed by atoms with Crippen LogP contribution in [0.2, 0.25) is 0 Å². The van der Waals surface area contributed by atoms with Gasteiger partial charge in [-0.25, -0.2) is 0 Å². The summed E-state index contributed by atoms with van der Waals surface area (Å²) in [5.41, 5.74) is 6.46. The van der Waals surface area contributed by atoms with Crippen molar-refractivity contribution in [2.24, 2.45) is 22.6 Å². The Hall–Kier alpha value is -1.34. The van der Waals surface area contributed by atoms with E-state index in [1.165, 1.54) is 11.2 Å². The van der Waals surface area contributed by atoms with Gasteiger partial charge in [0.2, 0.25) is 0 Å². The van der Waals surface area contributed by atoms with Gasteiger partial charge in [0.1, 0.15) is 0 Å². The molecule has 158 valence electrons. The molecule has 1 aromatic heterocycles. The third-order valence-corrected chi connectivity index (χ3v) is 12.8. The molecule has 7 nitrogen and oxygen atoms in total. The molecule has 1 amide bonds. The minimum absolute atomic E-state index is 0.152. The maximum absolute atomic E-state index is 12.6. The average Bonchev–Trinajstić information content (AvgIpc) is 3.33. The van der Waals surface area contributed by atoms with E-state index in [-0.39, 0.29) is 17.9 Å². The maximum atomic E-state index is 12.6. The van der Waals surface area contributed by atoms with Crippen molar-refractivity contribution in [3.05, 3.63) is 17.8 Å². The second-order valence-electron chi connectivity index (χ2n) is 7.20. The van der Waals surface area contributed by atoms with Crippen LogP contribution < -0.4 is 5.73 Å². The minimum atomic E-state index is -4.91. The quantitative estimate of drug-likeness (QED) is 0.184. The van der Waals surface area contributed by atoms with Gasteiger partial charge in [0.25, 0.3) is 0 Å². The summed E-state index contributed by atoms with van der Waals surface area (Å²) in [5.74, 6) is -0.0513. The summed E-state index contributed by atoms with van der Waals surface area (Å²) in [7, 11) is 2.09. The number of nitrogens with zero attached hydrogens (tertiary/aromatic N) is 3. The third kappa shape index (κ3) is 4.15. The molecule has 2 fully saturated rings. The van der Waals surface area contributed by atoms with Gasteiger partial charge in [-0.05, 0) is 0 Å². The second-order valence-corrected chi connectivity index (χ2v) is 12.9. The van der Waals surface area contributed by atoms with Crippen LogP contribution in [0, 0.1) is 11.8 Å². The molecular formula is C17H25F3IN5O2. The van der Waals surface area contributed by atoms with Gasteiger partial charge in [-0.1, -0.05) is 0 Å². The first-order valence-corrected chi connectivity index (χ1v) is 12.9. The van der Waals surface area contributed by atoms with Crippen molar-refractivity contribution in [3.63, 3.8) is 0 Å². The van der Waals surface area contributed by atoms with Gasteiger partial charge < -0.3 is 0 Å². The molecule has 2 aliphatic rings. The number of aliphatic imine (C=N–C) groups is 1. The number of aromatic amines is 1. The third-order valence-electron chi connectivity index (χ3n) is 5.51. The molecule has 0 aromatic carbocycles. The molecule has 4 N–H and O–H groups in total. The van der Waals surface area contributed by atoms with Gasteiger partial charge in [0.05, 0.1) is 0 Å². The van der Waals surface area contributed by atoms with Gasteiger partial charge in [-0.15, -0.1) is 0 Å². The van der Waals surface area contributed by atoms with Crippen molar-refractivity contribution in [1.29, 1.82) is 0 Å². The summed E-state index contributed by atoms with van der Waals surface area (Å²) in [6.45, 7) is 2.72. The van der Waals surface area contributed by atoms with Gasteiger partial charge in [-0.2, -0.15) is 0 Å². The first-order valence-electron chi connectivity index (χ1n) is 8.93. The molecule has 28 heavy (non-hydrogen) atoms. The van der Waals surface area contributed by atoms with Crippen molar-refractivity contribution in [2.75, 3.05) is 29.0 Å². The zero-order chi connectivity index (χ0) is 20.6. The summed E-state index contributed by atoms with van der Waals surface area (Å²) < 4.78 is 42.1. The Bertz CT molecular complexity index is 727. The van der Waals surface area contributed by atoms with E-state index in [0.717, 1.165) is 20.2 Å². The number of carbonyl (C=O) groups excluding carboxylic acids is 1. The number of carbonyl (C=O) groups is 1. The van der Waals surface area contributed by atoms with Crippen molar-refractivity contribution < 1.29 is 23.1 Å². The summed E-state index contributed by atoms with van der Waals surface area (Å²) in [6.07, 6.45) is -4.76. The van der Waals surface area contributed by atoms with E-state index in [4.69, 9.17) is 5.73 Å². The predicted molar refractivity (Wildman–Crippen MR) is 109 cm³/mol. The number of likely N-dealkylation sites (tertiary alicyclic amines) is 1. The number of H-pyrrole nitrogens is 1. The van der Waals surface area contributed by atoms with Gasteiger partial charge in [0.15, 0.2) is 0 Å². The predicted octanol–water partition coefficient (Wildman–Crippen LogP) is 2.06. The molecule has 3 heterocycles. The zero-order valence-corrected chi connectivity index (χ0v) is 17.8. The van der Waals surface area contributed by atoms with Crippen LogP contribution in [-0.4, -0.2) is 71.6 Å². The Morgan fingerprint density at radius 1 is 1.46 bits per heavy atom. The zero-order valence-electron chi connectivity index (χ0n) is 15.7. The molecule has 2 aliphatic heterocycles. The summed E-state index contributed by atoms with van der Waals surface area (Å²) in [5, 5.41) is 9.23. The van der Waals surface area contributed by atoms with Crippen molar-refractivity contribution >= 4 is 38.2 Å². The molecule has 4 atom stereocenters. The van der Waals surface area contributed by atoms with Crippen molar-refractivity contribution in [1.82, 2.24) is 13.0 Å². The van der Waals surface area contributed by atoms with E-state index in [1.807, 2.05) is 12.3 Å². The molecule has 0 aliphatic carbocycles. The number of rotatable bonds is 5. The number of halogens is 4. The number of aromatic nitrogens is 1. The number of nitrogens with one attached hydrogen (secondary N) is 1. The molecule has 0 saturated carbocycles. The molecular weight excluding hydrogens is 490 g/mol. The van der Waals surface area contributed by atoms with Gasteiger partial charge in [0, 0.05) is 0 Å². The standard InChI is InChI=1S/C17H25F3IN5O2/c1-10(13-3-4-23-15(13)24-9-22)25(2)21-5-11-7-26(8-12(11)6-21)16(28)14(27)17(18,19)20/h3-4,9-12,14,23,27H,5-8H2,1-2H3,(H2,22,24). The van der Waals surface area contributed by atoms with Crippen LogP contribution in [0.4, 0.5) is 19.0 Å². The first-order chi connectivity index (χ1) is 13.1. The molecule has 0 radical (unpaired) electrons. The monoisotopic (exact) mass is 515 g/mol. The molecule has 11 heteroatoms. The number of fused-ring (bicyclic) bond motifs is 1. The number of alkyl halides is 5. The normalized spacial score (nSPS) is 26.2. The van der Waals surface area contributed by atoms with Crippen LogP contribution in [0.15, 0.2) is 17.3 Å². The number of amides is 1. The van der Waals surface area contributed by atoms with E-state index in [1.54, 1.807) is 0 Å². The first kappa shape index (κ1) is 21.4. The molecule has 2 saturated heterocycles. The van der Waals surface area contributed by atoms with Gasteiger partial charge in [-0.3, -0.25) is 0 Å². The van der Waals surface area contributed by atoms with E-state index < -0.39 is 38.3 Å². The van der Waals surface area contributed by atoms with Crippen LogP contribution in [0.5, 0.6) is 0 Å². The Labute approximate surface area is 168 Å². The Kier molecular flexibility index (Phi) is 6.25. The second kappa shape index (κ2) is 8.19. The summed E-state index contributed by atoms with van der Waals surface area (Å²) in [6, 6.07) is 2.13. The van der Waals surface area contributed by atoms with Gasteiger partial charge >= 0.3 is 169 Å². The topological polar surface area (TPSA) is 98.0 Å². The molecule has 1 aromatic rings. The number of aliphatic hydroxyl groups excluding tert-OH is 1. The van der Waals surface area contributed by atoms with Crippen LogP contribution >= 0.6 is 20.1 Å².